The van der Waals surface area contributed by atoms with Gasteiger partial charge >= 0.3 is 0 Å². The molecule has 4 nitrogen and oxygen atoms in total. The number of hydrogen-bond donors (Lipinski definition) is 1. The number of β-amino-alcohol motifs (C(OH)–C–C–N with tert-alkyl or cyclic N) is 1. The van der Waals surface area contributed by atoms with Gasteiger partial charge in [-0.05, 0) is 40.9 Å². The van der Waals surface area contributed by atoms with Crippen molar-refractivity contribution in [1.29, 1.82) is 0 Å². The molecule has 0 bridgehead atoms. The monoisotopic (exact) mass is 284 g/mol. The fraction of sp³-hybridized carbons (Fsp3) is 0.455. The van der Waals surface area contributed by atoms with Crippen molar-refractivity contribution in [3.8, 4) is 0 Å². The molecule has 1 aliphatic heterocycles. The summed E-state index contributed by atoms with van der Waals surface area (Å²) in [6, 6.07) is 3.48. The highest BCUT2D eigenvalue weighted by Crippen LogP contribution is 2.14. The van der Waals surface area contributed by atoms with E-state index in [0.717, 1.165) is 17.3 Å². The standard InChI is InChI=1S/C11H13BrN2O2/c12-8-3-4-10(13-6-8)11(16)14-5-1-2-9(15)7-14/h3-4,6,9,15H,1-2,5,7H2/t9-/m0/s1. The van der Waals surface area contributed by atoms with Gasteiger partial charge in [-0.1, -0.05) is 0 Å². The SMILES string of the molecule is O=C(c1ccc(Br)cn1)N1CCC[C@H](O)C1. The Labute approximate surface area is 102 Å². The highest BCUT2D eigenvalue weighted by molar-refractivity contribution is 9.10. The van der Waals surface area contributed by atoms with Crippen LogP contribution in [0.4, 0.5) is 0 Å². The minimum atomic E-state index is -0.395. The van der Waals surface area contributed by atoms with E-state index in [1.807, 2.05) is 0 Å². The highest BCUT2D eigenvalue weighted by Gasteiger charge is 2.23. The van der Waals surface area contributed by atoms with Crippen LogP contribution in [0.15, 0.2) is 22.8 Å². The van der Waals surface area contributed by atoms with Crippen molar-refractivity contribution in [2.24, 2.45) is 0 Å². The number of aromatic nitrogens is 1. The molecule has 0 radical (unpaired) electrons. The Morgan fingerprint density at radius 3 is 3.00 bits per heavy atom. The van der Waals surface area contributed by atoms with E-state index >= 15 is 0 Å². The van der Waals surface area contributed by atoms with Crippen LogP contribution in [0.5, 0.6) is 0 Å². The lowest BCUT2D eigenvalue weighted by Crippen LogP contribution is -2.42. The number of rotatable bonds is 1. The summed E-state index contributed by atoms with van der Waals surface area (Å²) >= 11 is 3.27. The third-order valence-electron chi connectivity index (χ3n) is 2.63. The zero-order valence-corrected chi connectivity index (χ0v) is 10.4. The minimum Gasteiger partial charge on any atom is -0.391 e. The molecule has 16 heavy (non-hydrogen) atoms. The summed E-state index contributed by atoms with van der Waals surface area (Å²) in [6.45, 7) is 1.12. The van der Waals surface area contributed by atoms with Gasteiger partial charge in [-0.15, -0.1) is 0 Å². The fourth-order valence-corrected chi connectivity index (χ4v) is 2.04. The summed E-state index contributed by atoms with van der Waals surface area (Å²) in [7, 11) is 0. The number of carbonyl (C=O) groups is 1. The molecule has 1 aromatic heterocycles. The number of pyridine rings is 1. The van der Waals surface area contributed by atoms with Gasteiger partial charge < -0.3 is 10.0 Å². The van der Waals surface area contributed by atoms with Gasteiger partial charge in [0.2, 0.25) is 0 Å². The van der Waals surface area contributed by atoms with Crippen molar-refractivity contribution in [3.05, 3.63) is 28.5 Å². The number of carbonyl (C=O) groups excluding carboxylic acids is 1. The minimum absolute atomic E-state index is 0.105. The second-order valence-corrected chi connectivity index (χ2v) is 4.82. The molecule has 1 aliphatic rings. The lowest BCUT2D eigenvalue weighted by Gasteiger charge is -2.29. The van der Waals surface area contributed by atoms with Gasteiger partial charge in [0, 0.05) is 23.8 Å². The van der Waals surface area contributed by atoms with Gasteiger partial charge in [-0.2, -0.15) is 0 Å². The topological polar surface area (TPSA) is 53.4 Å². The number of nitrogens with zero attached hydrogens (tertiary/aromatic N) is 2. The summed E-state index contributed by atoms with van der Waals surface area (Å²) in [5.41, 5.74) is 0.428. The molecule has 0 spiro atoms. The summed E-state index contributed by atoms with van der Waals surface area (Å²) < 4.78 is 0.850. The molecular weight excluding hydrogens is 272 g/mol. The molecule has 1 fully saturated rings. The van der Waals surface area contributed by atoms with Crippen molar-refractivity contribution < 1.29 is 9.90 Å². The van der Waals surface area contributed by atoms with Gasteiger partial charge in [0.15, 0.2) is 0 Å². The van der Waals surface area contributed by atoms with E-state index in [2.05, 4.69) is 20.9 Å². The van der Waals surface area contributed by atoms with Crippen molar-refractivity contribution >= 4 is 21.8 Å². The largest absolute Gasteiger partial charge is 0.391 e. The predicted molar refractivity (Wildman–Crippen MR) is 63.1 cm³/mol. The molecule has 0 aliphatic carbocycles. The van der Waals surface area contributed by atoms with Gasteiger partial charge in [-0.25, -0.2) is 4.98 Å². The van der Waals surface area contributed by atoms with Crippen molar-refractivity contribution in [2.75, 3.05) is 13.1 Å². The van der Waals surface area contributed by atoms with Gasteiger partial charge in [0.25, 0.3) is 5.91 Å². The number of amides is 1. The van der Waals surface area contributed by atoms with Crippen LogP contribution < -0.4 is 0 Å². The van der Waals surface area contributed by atoms with Crippen molar-refractivity contribution in [3.63, 3.8) is 0 Å². The summed E-state index contributed by atoms with van der Waals surface area (Å²) in [5.74, 6) is -0.105. The van der Waals surface area contributed by atoms with Crippen LogP contribution in [-0.4, -0.2) is 40.1 Å². The number of likely N-dealkylation sites (tertiary alicyclic amines) is 1. The Morgan fingerprint density at radius 2 is 2.38 bits per heavy atom. The van der Waals surface area contributed by atoms with Gasteiger partial charge in [0.1, 0.15) is 5.69 Å². The predicted octanol–water partition coefficient (Wildman–Crippen LogP) is 1.44. The van der Waals surface area contributed by atoms with E-state index in [-0.39, 0.29) is 5.91 Å². The summed E-state index contributed by atoms with van der Waals surface area (Å²) in [4.78, 5) is 17.7. The van der Waals surface area contributed by atoms with Crippen LogP contribution in [0.1, 0.15) is 23.3 Å². The maximum absolute atomic E-state index is 12.0. The van der Waals surface area contributed by atoms with E-state index < -0.39 is 6.10 Å². The van der Waals surface area contributed by atoms with E-state index in [4.69, 9.17) is 0 Å². The zero-order valence-electron chi connectivity index (χ0n) is 8.77. The molecule has 86 valence electrons. The normalized spacial score (nSPS) is 20.9. The van der Waals surface area contributed by atoms with Crippen molar-refractivity contribution in [1.82, 2.24) is 9.88 Å². The molecule has 5 heteroatoms. The average molecular weight is 285 g/mol. The van der Waals surface area contributed by atoms with Gasteiger partial charge in [0.05, 0.1) is 6.10 Å². The Kier molecular flexibility index (Phi) is 3.56. The first kappa shape index (κ1) is 11.5. The lowest BCUT2D eigenvalue weighted by molar-refractivity contribution is 0.0469. The third-order valence-corrected chi connectivity index (χ3v) is 3.10. The first-order valence-electron chi connectivity index (χ1n) is 5.26. The average Bonchev–Trinajstić information content (AvgIpc) is 2.29. The third kappa shape index (κ3) is 2.59. The molecule has 0 aromatic carbocycles. The number of halogens is 1. The van der Waals surface area contributed by atoms with E-state index in [0.29, 0.717) is 18.8 Å². The summed E-state index contributed by atoms with van der Waals surface area (Å²) in [6.07, 6.45) is 2.84. The number of piperidine rings is 1. The first-order valence-corrected chi connectivity index (χ1v) is 6.05. The molecule has 2 rings (SSSR count). The van der Waals surface area contributed by atoms with Crippen LogP contribution in [0.3, 0.4) is 0 Å². The van der Waals surface area contributed by atoms with E-state index in [9.17, 15) is 9.90 Å². The molecule has 0 saturated carbocycles. The molecule has 2 heterocycles. The van der Waals surface area contributed by atoms with E-state index in [1.165, 1.54) is 0 Å². The quantitative estimate of drug-likeness (QED) is 0.849. The molecule has 1 saturated heterocycles. The Bertz CT molecular complexity index is 380. The highest BCUT2D eigenvalue weighted by atomic mass is 79.9. The van der Waals surface area contributed by atoms with Crippen molar-refractivity contribution in [2.45, 2.75) is 18.9 Å². The molecule has 1 atom stereocenters. The number of aliphatic hydroxyl groups is 1. The van der Waals surface area contributed by atoms with Crippen LogP contribution in [0.25, 0.3) is 0 Å². The lowest BCUT2D eigenvalue weighted by atomic mass is 10.1. The van der Waals surface area contributed by atoms with Gasteiger partial charge in [-0.3, -0.25) is 4.79 Å². The fourth-order valence-electron chi connectivity index (χ4n) is 1.80. The van der Waals surface area contributed by atoms with Crippen LogP contribution in [-0.2, 0) is 0 Å². The molecule has 1 aromatic rings. The maximum atomic E-state index is 12.0. The second-order valence-electron chi connectivity index (χ2n) is 3.91. The Hall–Kier alpha value is -0.940. The first-order chi connectivity index (χ1) is 7.66. The number of hydrogen-bond acceptors (Lipinski definition) is 3. The van der Waals surface area contributed by atoms with Crippen LogP contribution >= 0.6 is 15.9 Å². The molecule has 1 N–H and O–H groups in total. The Balaban J connectivity index is 2.09. The number of aliphatic hydroxyl groups excluding tert-OH is 1. The zero-order chi connectivity index (χ0) is 11.5. The Morgan fingerprint density at radius 1 is 1.56 bits per heavy atom. The van der Waals surface area contributed by atoms with Crippen LogP contribution in [0.2, 0.25) is 0 Å². The molecule has 1 amide bonds. The smallest absolute Gasteiger partial charge is 0.272 e. The molecular formula is C11H13BrN2O2. The maximum Gasteiger partial charge on any atom is 0.272 e. The van der Waals surface area contributed by atoms with E-state index in [1.54, 1.807) is 23.2 Å². The summed E-state index contributed by atoms with van der Waals surface area (Å²) in [5, 5.41) is 9.50. The van der Waals surface area contributed by atoms with Crippen LogP contribution in [0, 0.1) is 0 Å². The molecule has 0 unspecified atom stereocenters. The second kappa shape index (κ2) is 4.93.